The smallest absolute Gasteiger partial charge is 0.228 e. The van der Waals surface area contributed by atoms with Crippen molar-refractivity contribution in [1.29, 1.82) is 0 Å². The van der Waals surface area contributed by atoms with Gasteiger partial charge in [0, 0.05) is 13.2 Å². The standard InChI is InChI=1S/C17H19NO3/c19-17(15-8-10-20-13-15)18(12-16-7-4-9-21-16)11-14-5-2-1-3-6-14/h1-7,9,15H,8,10-13H2. The monoisotopic (exact) mass is 285 g/mol. The molecule has 1 atom stereocenters. The molecule has 0 bridgehead atoms. The number of rotatable bonds is 5. The maximum atomic E-state index is 12.7. The molecule has 1 unspecified atom stereocenters. The first-order chi connectivity index (χ1) is 10.3. The molecule has 3 rings (SSSR count). The molecule has 110 valence electrons. The normalized spacial score (nSPS) is 17.8. The molecule has 0 spiro atoms. The van der Waals surface area contributed by atoms with Crippen molar-refractivity contribution in [1.82, 2.24) is 4.90 Å². The van der Waals surface area contributed by atoms with Crippen molar-refractivity contribution in [3.05, 3.63) is 60.1 Å². The molecular weight excluding hydrogens is 266 g/mol. The third kappa shape index (κ3) is 3.52. The molecule has 4 nitrogen and oxygen atoms in total. The van der Waals surface area contributed by atoms with E-state index in [1.165, 1.54) is 0 Å². The molecule has 2 heterocycles. The zero-order chi connectivity index (χ0) is 14.5. The molecule has 1 fully saturated rings. The summed E-state index contributed by atoms with van der Waals surface area (Å²) in [6.45, 7) is 2.30. The summed E-state index contributed by atoms with van der Waals surface area (Å²) in [5, 5.41) is 0. The first-order valence-corrected chi connectivity index (χ1v) is 7.26. The van der Waals surface area contributed by atoms with Crippen LogP contribution in [0.4, 0.5) is 0 Å². The van der Waals surface area contributed by atoms with Crippen LogP contribution >= 0.6 is 0 Å². The molecule has 0 aliphatic carbocycles. The second-order valence-corrected chi connectivity index (χ2v) is 5.32. The molecule has 1 aliphatic heterocycles. The highest BCUT2D eigenvalue weighted by Crippen LogP contribution is 2.19. The van der Waals surface area contributed by atoms with E-state index in [-0.39, 0.29) is 11.8 Å². The lowest BCUT2D eigenvalue weighted by Gasteiger charge is -2.24. The fourth-order valence-electron chi connectivity index (χ4n) is 2.59. The van der Waals surface area contributed by atoms with Crippen molar-refractivity contribution in [2.24, 2.45) is 5.92 Å². The van der Waals surface area contributed by atoms with Crippen LogP contribution in [-0.4, -0.2) is 24.0 Å². The Morgan fingerprint density at radius 3 is 2.67 bits per heavy atom. The van der Waals surface area contributed by atoms with Crippen LogP contribution in [0.5, 0.6) is 0 Å². The summed E-state index contributed by atoms with van der Waals surface area (Å²) in [6.07, 6.45) is 2.45. The Labute approximate surface area is 124 Å². The molecule has 1 saturated heterocycles. The van der Waals surface area contributed by atoms with E-state index in [1.807, 2.05) is 47.4 Å². The molecule has 1 amide bonds. The van der Waals surface area contributed by atoms with Gasteiger partial charge in [-0.1, -0.05) is 30.3 Å². The second kappa shape index (κ2) is 6.59. The summed E-state index contributed by atoms with van der Waals surface area (Å²) >= 11 is 0. The van der Waals surface area contributed by atoms with Gasteiger partial charge < -0.3 is 14.1 Å². The van der Waals surface area contributed by atoms with E-state index in [0.717, 1.165) is 17.7 Å². The number of carbonyl (C=O) groups is 1. The highest BCUT2D eigenvalue weighted by atomic mass is 16.5. The SMILES string of the molecule is O=C(C1CCOC1)N(Cc1ccccc1)Cc1ccco1. The highest BCUT2D eigenvalue weighted by Gasteiger charge is 2.28. The second-order valence-electron chi connectivity index (χ2n) is 5.32. The lowest BCUT2D eigenvalue weighted by Crippen LogP contribution is -2.35. The summed E-state index contributed by atoms with van der Waals surface area (Å²) in [5.41, 5.74) is 1.12. The van der Waals surface area contributed by atoms with Crippen LogP contribution in [-0.2, 0) is 22.6 Å². The van der Waals surface area contributed by atoms with Gasteiger partial charge >= 0.3 is 0 Å². The van der Waals surface area contributed by atoms with E-state index in [9.17, 15) is 4.79 Å². The van der Waals surface area contributed by atoms with Crippen LogP contribution in [0.3, 0.4) is 0 Å². The highest BCUT2D eigenvalue weighted by molar-refractivity contribution is 5.79. The van der Waals surface area contributed by atoms with Crippen LogP contribution in [0.2, 0.25) is 0 Å². The predicted molar refractivity (Wildman–Crippen MR) is 78.3 cm³/mol. The largest absolute Gasteiger partial charge is 0.467 e. The Morgan fingerprint density at radius 1 is 1.14 bits per heavy atom. The minimum Gasteiger partial charge on any atom is -0.467 e. The van der Waals surface area contributed by atoms with Gasteiger partial charge in [0.25, 0.3) is 0 Å². The molecule has 1 aromatic carbocycles. The first kappa shape index (κ1) is 13.9. The van der Waals surface area contributed by atoms with Crippen molar-refractivity contribution in [2.75, 3.05) is 13.2 Å². The molecule has 1 aliphatic rings. The van der Waals surface area contributed by atoms with E-state index >= 15 is 0 Å². The molecule has 0 N–H and O–H groups in total. The number of nitrogens with zero attached hydrogens (tertiary/aromatic N) is 1. The molecule has 4 heteroatoms. The lowest BCUT2D eigenvalue weighted by molar-refractivity contribution is -0.137. The average molecular weight is 285 g/mol. The van der Waals surface area contributed by atoms with Gasteiger partial charge in [-0.25, -0.2) is 0 Å². The molecular formula is C17H19NO3. The number of amides is 1. The molecule has 0 saturated carbocycles. The van der Waals surface area contributed by atoms with Crippen LogP contribution in [0, 0.1) is 5.92 Å². The summed E-state index contributed by atoms with van der Waals surface area (Å²) in [6, 6.07) is 13.8. The number of furan rings is 1. The maximum Gasteiger partial charge on any atom is 0.228 e. The zero-order valence-corrected chi connectivity index (χ0v) is 11.9. The van der Waals surface area contributed by atoms with E-state index in [0.29, 0.717) is 26.3 Å². The number of ether oxygens (including phenoxy) is 1. The third-order valence-electron chi connectivity index (χ3n) is 3.73. The van der Waals surface area contributed by atoms with E-state index < -0.39 is 0 Å². The summed E-state index contributed by atoms with van der Waals surface area (Å²) in [4.78, 5) is 14.5. The van der Waals surface area contributed by atoms with Gasteiger partial charge in [-0.3, -0.25) is 4.79 Å². The van der Waals surface area contributed by atoms with Gasteiger partial charge in [0.2, 0.25) is 5.91 Å². The minimum atomic E-state index is -0.0244. The van der Waals surface area contributed by atoms with Gasteiger partial charge in [0.1, 0.15) is 5.76 Å². The molecule has 2 aromatic rings. The Balaban J connectivity index is 1.74. The quantitative estimate of drug-likeness (QED) is 0.848. The fourth-order valence-corrected chi connectivity index (χ4v) is 2.59. The number of hydrogen-bond acceptors (Lipinski definition) is 3. The topological polar surface area (TPSA) is 42.7 Å². The lowest BCUT2D eigenvalue weighted by atomic mass is 10.1. The van der Waals surface area contributed by atoms with E-state index in [4.69, 9.17) is 9.15 Å². The number of benzene rings is 1. The van der Waals surface area contributed by atoms with Gasteiger partial charge in [0.05, 0.1) is 25.3 Å². The zero-order valence-electron chi connectivity index (χ0n) is 11.9. The van der Waals surface area contributed by atoms with Crippen molar-refractivity contribution >= 4 is 5.91 Å². The van der Waals surface area contributed by atoms with Crippen molar-refractivity contribution in [2.45, 2.75) is 19.5 Å². The molecule has 0 radical (unpaired) electrons. The van der Waals surface area contributed by atoms with E-state index in [2.05, 4.69) is 0 Å². The average Bonchev–Trinajstić information content (AvgIpc) is 3.20. The predicted octanol–water partition coefficient (Wildman–Crippen LogP) is 2.84. The third-order valence-corrected chi connectivity index (χ3v) is 3.73. The molecule has 1 aromatic heterocycles. The minimum absolute atomic E-state index is 0.0244. The Kier molecular flexibility index (Phi) is 4.36. The first-order valence-electron chi connectivity index (χ1n) is 7.26. The van der Waals surface area contributed by atoms with Gasteiger partial charge in [-0.2, -0.15) is 0 Å². The Morgan fingerprint density at radius 2 is 2.00 bits per heavy atom. The van der Waals surface area contributed by atoms with Crippen molar-refractivity contribution in [3.8, 4) is 0 Å². The van der Waals surface area contributed by atoms with Gasteiger partial charge in [0.15, 0.2) is 0 Å². The van der Waals surface area contributed by atoms with Crippen molar-refractivity contribution in [3.63, 3.8) is 0 Å². The number of carbonyl (C=O) groups excluding carboxylic acids is 1. The molecule has 21 heavy (non-hydrogen) atoms. The van der Waals surface area contributed by atoms with Gasteiger partial charge in [-0.15, -0.1) is 0 Å². The van der Waals surface area contributed by atoms with E-state index in [1.54, 1.807) is 6.26 Å². The Bertz CT molecular complexity index is 559. The summed E-state index contributed by atoms with van der Waals surface area (Å²) in [5.74, 6) is 0.926. The Hall–Kier alpha value is -2.07. The van der Waals surface area contributed by atoms with Crippen molar-refractivity contribution < 1.29 is 13.9 Å². The van der Waals surface area contributed by atoms with Crippen LogP contribution in [0.25, 0.3) is 0 Å². The van der Waals surface area contributed by atoms with Crippen LogP contribution in [0.1, 0.15) is 17.7 Å². The maximum absolute atomic E-state index is 12.7. The summed E-state index contributed by atoms with van der Waals surface area (Å²) < 4.78 is 10.7. The van der Waals surface area contributed by atoms with Crippen LogP contribution in [0.15, 0.2) is 53.1 Å². The fraction of sp³-hybridized carbons (Fsp3) is 0.353. The number of hydrogen-bond donors (Lipinski definition) is 0. The van der Waals surface area contributed by atoms with Gasteiger partial charge in [-0.05, 0) is 24.1 Å². The summed E-state index contributed by atoms with van der Waals surface area (Å²) in [7, 11) is 0. The van der Waals surface area contributed by atoms with Crippen LogP contribution < -0.4 is 0 Å².